The number of benzene rings is 1. The molecule has 4 heteroatoms. The lowest BCUT2D eigenvalue weighted by Crippen LogP contribution is -2.32. The number of hydrogen-bond donors (Lipinski definition) is 0. The van der Waals surface area contributed by atoms with Gasteiger partial charge in [0, 0.05) is 0 Å². The third-order valence-corrected chi connectivity index (χ3v) is 4.98. The first-order valence-electron chi connectivity index (χ1n) is 7.32. The largest absolute Gasteiger partial charge is 0.497 e. The van der Waals surface area contributed by atoms with E-state index in [4.69, 9.17) is 9.47 Å². The molecule has 1 aliphatic heterocycles. The number of hydrogen-bond acceptors (Lipinski definition) is 4. The number of fused-ring (bicyclic) bond motifs is 5. The number of allylic oxidation sites excluding steroid dienone is 2. The van der Waals surface area contributed by atoms with Crippen molar-refractivity contribution in [2.24, 2.45) is 17.8 Å². The highest BCUT2D eigenvalue weighted by molar-refractivity contribution is 5.99. The summed E-state index contributed by atoms with van der Waals surface area (Å²) >= 11 is 0. The quantitative estimate of drug-likeness (QED) is 0.587. The second kappa shape index (κ2) is 4.45. The predicted octanol–water partition coefficient (Wildman–Crippen LogP) is 2.36. The topological polar surface area (TPSA) is 52.6 Å². The molecule has 0 unspecified atom stereocenters. The van der Waals surface area contributed by atoms with Crippen LogP contribution in [0.25, 0.3) is 5.57 Å². The first-order valence-corrected chi connectivity index (χ1v) is 7.32. The second-order valence-corrected chi connectivity index (χ2v) is 5.94. The van der Waals surface area contributed by atoms with Crippen LogP contribution in [0.1, 0.15) is 24.0 Å². The van der Waals surface area contributed by atoms with Crippen molar-refractivity contribution in [3.8, 4) is 5.75 Å². The van der Waals surface area contributed by atoms with Crippen molar-refractivity contribution in [2.45, 2.75) is 19.3 Å². The highest BCUT2D eigenvalue weighted by Gasteiger charge is 2.51. The van der Waals surface area contributed by atoms with E-state index in [1.807, 2.05) is 6.07 Å². The molecule has 0 saturated carbocycles. The minimum Gasteiger partial charge on any atom is -0.497 e. The van der Waals surface area contributed by atoms with Crippen LogP contribution in [0.5, 0.6) is 5.75 Å². The van der Waals surface area contributed by atoms with E-state index in [1.54, 1.807) is 7.11 Å². The molecule has 0 amide bonds. The molecule has 1 aromatic rings. The van der Waals surface area contributed by atoms with Gasteiger partial charge in [0.1, 0.15) is 5.75 Å². The van der Waals surface area contributed by atoms with Crippen LogP contribution in [0, 0.1) is 17.8 Å². The van der Waals surface area contributed by atoms with Gasteiger partial charge in [-0.15, -0.1) is 0 Å². The van der Waals surface area contributed by atoms with E-state index in [9.17, 15) is 9.59 Å². The molecule has 0 spiro atoms. The van der Waals surface area contributed by atoms with Crippen LogP contribution in [0.2, 0.25) is 0 Å². The summed E-state index contributed by atoms with van der Waals surface area (Å²) in [6, 6.07) is 6.08. The molecule has 108 valence electrons. The van der Waals surface area contributed by atoms with Crippen LogP contribution >= 0.6 is 0 Å². The van der Waals surface area contributed by atoms with Gasteiger partial charge in [0.15, 0.2) is 0 Å². The Morgan fingerprint density at radius 1 is 1.19 bits per heavy atom. The molecule has 0 aromatic heterocycles. The average molecular weight is 284 g/mol. The van der Waals surface area contributed by atoms with Crippen LogP contribution in [-0.4, -0.2) is 19.0 Å². The van der Waals surface area contributed by atoms with Crippen molar-refractivity contribution in [3.63, 3.8) is 0 Å². The standard InChI is InChI=1S/C17H16O4/c1-20-10-3-5-11-9(8-10)2-4-13-12(11)6-7-14-15(13)17(19)21-16(14)18/h3,5-6,8,13-15H,2,4,7H2,1H3/t13-,14+,15+/m0/s1. The molecular formula is C17H16O4. The normalized spacial score (nSPS) is 30.0. The van der Waals surface area contributed by atoms with E-state index < -0.39 is 0 Å². The molecule has 0 N–H and O–H groups in total. The fourth-order valence-electron chi connectivity index (χ4n) is 3.98. The van der Waals surface area contributed by atoms with Gasteiger partial charge >= 0.3 is 11.9 Å². The van der Waals surface area contributed by atoms with E-state index in [-0.39, 0.29) is 29.7 Å². The molecule has 21 heavy (non-hydrogen) atoms. The minimum absolute atomic E-state index is 0.114. The molecule has 1 aromatic carbocycles. The highest BCUT2D eigenvalue weighted by Crippen LogP contribution is 2.49. The van der Waals surface area contributed by atoms with Gasteiger partial charge in [-0.25, -0.2) is 0 Å². The molecule has 0 bridgehead atoms. The highest BCUT2D eigenvalue weighted by atomic mass is 16.6. The van der Waals surface area contributed by atoms with E-state index in [2.05, 4.69) is 18.2 Å². The Balaban J connectivity index is 1.77. The Hall–Kier alpha value is -2.10. The summed E-state index contributed by atoms with van der Waals surface area (Å²) < 4.78 is 10.1. The monoisotopic (exact) mass is 284 g/mol. The average Bonchev–Trinajstić information content (AvgIpc) is 2.81. The zero-order valence-corrected chi connectivity index (χ0v) is 11.8. The van der Waals surface area contributed by atoms with Crippen LogP contribution in [0.4, 0.5) is 0 Å². The summed E-state index contributed by atoms with van der Waals surface area (Å²) in [6.45, 7) is 0. The molecule has 1 fully saturated rings. The Kier molecular flexibility index (Phi) is 2.67. The summed E-state index contributed by atoms with van der Waals surface area (Å²) in [5.74, 6) is -0.266. The van der Waals surface area contributed by atoms with Crippen LogP contribution in [0.3, 0.4) is 0 Å². The van der Waals surface area contributed by atoms with Crippen molar-refractivity contribution in [2.75, 3.05) is 7.11 Å². The molecule has 0 radical (unpaired) electrons. The Morgan fingerprint density at radius 2 is 2.05 bits per heavy atom. The van der Waals surface area contributed by atoms with Gasteiger partial charge in [-0.2, -0.15) is 0 Å². The number of carbonyl (C=O) groups excluding carboxylic acids is 2. The summed E-state index contributed by atoms with van der Waals surface area (Å²) in [6.07, 6.45) is 4.51. The van der Waals surface area contributed by atoms with E-state index in [0.29, 0.717) is 6.42 Å². The summed E-state index contributed by atoms with van der Waals surface area (Å²) in [5.41, 5.74) is 3.65. The minimum atomic E-state index is -0.346. The number of methoxy groups -OCH3 is 1. The maximum absolute atomic E-state index is 12.0. The van der Waals surface area contributed by atoms with Crippen molar-refractivity contribution < 1.29 is 19.1 Å². The summed E-state index contributed by atoms with van der Waals surface area (Å²) in [5, 5.41) is 0. The van der Waals surface area contributed by atoms with Crippen molar-refractivity contribution >= 4 is 17.5 Å². The SMILES string of the molecule is COc1ccc2c(c1)CC[C@H]1C2=CC[C@H]2C(=O)OC(=O)[C@@H]21. The molecule has 4 nitrogen and oxygen atoms in total. The van der Waals surface area contributed by atoms with E-state index >= 15 is 0 Å². The Labute approximate surface area is 122 Å². The second-order valence-electron chi connectivity index (χ2n) is 5.94. The first kappa shape index (κ1) is 12.6. The summed E-state index contributed by atoms with van der Waals surface area (Å²) in [7, 11) is 1.66. The maximum atomic E-state index is 12.0. The van der Waals surface area contributed by atoms with Gasteiger partial charge in [-0.05, 0) is 54.0 Å². The Morgan fingerprint density at radius 3 is 2.86 bits per heavy atom. The van der Waals surface area contributed by atoms with E-state index in [0.717, 1.165) is 18.6 Å². The van der Waals surface area contributed by atoms with Gasteiger partial charge in [0.05, 0.1) is 18.9 Å². The summed E-state index contributed by atoms with van der Waals surface area (Å²) in [4.78, 5) is 23.7. The molecule has 4 rings (SSSR count). The van der Waals surface area contributed by atoms with Gasteiger partial charge < -0.3 is 9.47 Å². The molecule has 1 saturated heterocycles. The lowest BCUT2D eigenvalue weighted by atomic mass is 9.66. The molecule has 3 aliphatic rings. The van der Waals surface area contributed by atoms with Crippen molar-refractivity contribution in [1.29, 1.82) is 0 Å². The number of rotatable bonds is 1. The van der Waals surface area contributed by atoms with Crippen LogP contribution in [-0.2, 0) is 20.7 Å². The molecule has 2 aliphatic carbocycles. The van der Waals surface area contributed by atoms with Gasteiger partial charge in [-0.3, -0.25) is 9.59 Å². The van der Waals surface area contributed by atoms with Crippen LogP contribution < -0.4 is 4.74 Å². The molecule has 3 atom stereocenters. The van der Waals surface area contributed by atoms with Crippen molar-refractivity contribution in [1.82, 2.24) is 0 Å². The van der Waals surface area contributed by atoms with Gasteiger partial charge in [0.2, 0.25) is 0 Å². The molecular weight excluding hydrogens is 268 g/mol. The number of carbonyl (C=O) groups is 2. The number of esters is 2. The predicted molar refractivity (Wildman–Crippen MR) is 75.5 cm³/mol. The lowest BCUT2D eigenvalue weighted by Gasteiger charge is -2.35. The fourth-order valence-corrected chi connectivity index (χ4v) is 3.98. The zero-order valence-electron chi connectivity index (χ0n) is 11.8. The molecule has 1 heterocycles. The number of ether oxygens (including phenoxy) is 2. The van der Waals surface area contributed by atoms with Crippen molar-refractivity contribution in [3.05, 3.63) is 35.4 Å². The van der Waals surface area contributed by atoms with Gasteiger partial charge in [-0.1, -0.05) is 12.1 Å². The van der Waals surface area contributed by atoms with Gasteiger partial charge in [0.25, 0.3) is 0 Å². The zero-order chi connectivity index (χ0) is 14.6. The lowest BCUT2D eigenvalue weighted by molar-refractivity contribution is -0.154. The number of aryl methyl sites for hydroxylation is 1. The van der Waals surface area contributed by atoms with E-state index in [1.165, 1.54) is 16.7 Å². The third-order valence-electron chi connectivity index (χ3n) is 4.98. The maximum Gasteiger partial charge on any atom is 0.318 e. The Bertz CT molecular complexity index is 673. The third kappa shape index (κ3) is 1.75. The first-order chi connectivity index (χ1) is 10.2. The van der Waals surface area contributed by atoms with Crippen LogP contribution in [0.15, 0.2) is 24.3 Å². The fraction of sp³-hybridized carbons (Fsp3) is 0.412. The smallest absolute Gasteiger partial charge is 0.318 e. The number of cyclic esters (lactones) is 2.